The number of hydrogen-bond acceptors (Lipinski definition) is 4. The van der Waals surface area contributed by atoms with Crippen LogP contribution in [0.1, 0.15) is 31.6 Å². The van der Waals surface area contributed by atoms with Gasteiger partial charge >= 0.3 is 0 Å². The summed E-state index contributed by atoms with van der Waals surface area (Å²) in [5.41, 5.74) is 5.47. The van der Waals surface area contributed by atoms with E-state index in [4.69, 9.17) is 10.2 Å². The lowest BCUT2D eigenvalue weighted by Gasteiger charge is -2.16. The van der Waals surface area contributed by atoms with Gasteiger partial charge in [-0.2, -0.15) is 0 Å². The molecule has 2 heterocycles. The Morgan fingerprint density at radius 2 is 2.00 bits per heavy atom. The SMILES string of the molecule is Nc1cnc(CN2CCCCCC2)o1. The molecule has 0 amide bonds. The Labute approximate surface area is 84.1 Å². The lowest BCUT2D eigenvalue weighted by Crippen LogP contribution is -2.24. The molecule has 0 bridgehead atoms. The predicted octanol–water partition coefficient (Wildman–Crippen LogP) is 1.63. The van der Waals surface area contributed by atoms with E-state index >= 15 is 0 Å². The minimum Gasteiger partial charge on any atom is -0.424 e. The molecule has 1 saturated heterocycles. The van der Waals surface area contributed by atoms with Crippen molar-refractivity contribution in [2.45, 2.75) is 32.2 Å². The van der Waals surface area contributed by atoms with Gasteiger partial charge in [0.1, 0.15) is 0 Å². The van der Waals surface area contributed by atoms with Crippen molar-refractivity contribution >= 4 is 5.88 Å². The molecule has 1 aromatic rings. The Kier molecular flexibility index (Phi) is 3.03. The summed E-state index contributed by atoms with van der Waals surface area (Å²) in [7, 11) is 0. The number of rotatable bonds is 2. The number of likely N-dealkylation sites (tertiary alicyclic amines) is 1. The van der Waals surface area contributed by atoms with Gasteiger partial charge in [-0.05, 0) is 25.9 Å². The van der Waals surface area contributed by atoms with Crippen molar-refractivity contribution in [2.75, 3.05) is 18.8 Å². The molecule has 1 aliphatic heterocycles. The fourth-order valence-electron chi connectivity index (χ4n) is 1.88. The first-order valence-electron chi connectivity index (χ1n) is 5.27. The van der Waals surface area contributed by atoms with E-state index in [9.17, 15) is 0 Å². The van der Waals surface area contributed by atoms with Gasteiger partial charge in [-0.15, -0.1) is 0 Å². The molecule has 1 aliphatic rings. The predicted molar refractivity (Wildman–Crippen MR) is 54.7 cm³/mol. The van der Waals surface area contributed by atoms with Crippen LogP contribution in [0.3, 0.4) is 0 Å². The van der Waals surface area contributed by atoms with E-state index in [1.807, 2.05) is 0 Å². The highest BCUT2D eigenvalue weighted by Crippen LogP contribution is 2.13. The van der Waals surface area contributed by atoms with Crippen LogP contribution < -0.4 is 5.73 Å². The standard InChI is InChI=1S/C10H17N3O/c11-9-7-12-10(14-9)8-13-5-3-1-2-4-6-13/h7H,1-6,8,11H2. The summed E-state index contributed by atoms with van der Waals surface area (Å²) < 4.78 is 5.25. The number of nitrogens with zero attached hydrogens (tertiary/aromatic N) is 2. The summed E-state index contributed by atoms with van der Waals surface area (Å²) in [6.45, 7) is 3.11. The van der Waals surface area contributed by atoms with Gasteiger partial charge in [0, 0.05) is 0 Å². The van der Waals surface area contributed by atoms with Crippen LogP contribution in [0.2, 0.25) is 0 Å². The third-order valence-corrected chi connectivity index (χ3v) is 2.63. The van der Waals surface area contributed by atoms with E-state index in [1.165, 1.54) is 25.7 Å². The highest BCUT2D eigenvalue weighted by Gasteiger charge is 2.11. The molecule has 0 aliphatic carbocycles. The number of anilines is 1. The minimum absolute atomic E-state index is 0.412. The number of aromatic nitrogens is 1. The summed E-state index contributed by atoms with van der Waals surface area (Å²) in [5, 5.41) is 0. The second-order valence-electron chi connectivity index (χ2n) is 3.85. The van der Waals surface area contributed by atoms with Crippen molar-refractivity contribution in [3.8, 4) is 0 Å². The van der Waals surface area contributed by atoms with Gasteiger partial charge in [0.2, 0.25) is 11.8 Å². The number of hydrogen-bond donors (Lipinski definition) is 1. The molecule has 1 aromatic heterocycles. The molecule has 78 valence electrons. The van der Waals surface area contributed by atoms with Crippen LogP contribution in [-0.4, -0.2) is 23.0 Å². The molecule has 1 fully saturated rings. The molecule has 0 spiro atoms. The lowest BCUT2D eigenvalue weighted by molar-refractivity contribution is 0.249. The van der Waals surface area contributed by atoms with Crippen LogP contribution in [0.15, 0.2) is 10.6 Å². The number of oxazole rings is 1. The third kappa shape index (κ3) is 2.48. The summed E-state index contributed by atoms with van der Waals surface area (Å²) >= 11 is 0. The first-order chi connectivity index (χ1) is 6.84. The largest absolute Gasteiger partial charge is 0.424 e. The molecule has 2 rings (SSSR count). The minimum atomic E-state index is 0.412. The molecule has 14 heavy (non-hydrogen) atoms. The zero-order valence-corrected chi connectivity index (χ0v) is 8.41. The van der Waals surface area contributed by atoms with Crippen molar-refractivity contribution in [1.82, 2.24) is 9.88 Å². The van der Waals surface area contributed by atoms with Crippen molar-refractivity contribution in [2.24, 2.45) is 0 Å². The van der Waals surface area contributed by atoms with Crippen LogP contribution in [0.25, 0.3) is 0 Å². The molecule has 2 N–H and O–H groups in total. The van der Waals surface area contributed by atoms with Crippen LogP contribution >= 0.6 is 0 Å². The second-order valence-corrected chi connectivity index (χ2v) is 3.85. The zero-order chi connectivity index (χ0) is 9.80. The molecule has 4 nitrogen and oxygen atoms in total. The van der Waals surface area contributed by atoms with Crippen LogP contribution in [0, 0.1) is 0 Å². The van der Waals surface area contributed by atoms with Crippen molar-refractivity contribution in [3.05, 3.63) is 12.1 Å². The average Bonchev–Trinajstić information content (AvgIpc) is 2.43. The number of nitrogen functional groups attached to an aromatic ring is 1. The molecule has 0 saturated carbocycles. The second kappa shape index (κ2) is 4.46. The maximum atomic E-state index is 5.47. The van der Waals surface area contributed by atoms with E-state index in [0.29, 0.717) is 5.88 Å². The van der Waals surface area contributed by atoms with Gasteiger partial charge in [-0.25, -0.2) is 4.98 Å². The highest BCUT2D eigenvalue weighted by atomic mass is 16.4. The van der Waals surface area contributed by atoms with E-state index in [-0.39, 0.29) is 0 Å². The quantitative estimate of drug-likeness (QED) is 0.779. The van der Waals surface area contributed by atoms with Crippen molar-refractivity contribution < 1.29 is 4.42 Å². The lowest BCUT2D eigenvalue weighted by atomic mass is 10.2. The molecule has 4 heteroatoms. The van der Waals surface area contributed by atoms with E-state index in [2.05, 4.69) is 9.88 Å². The van der Waals surface area contributed by atoms with Gasteiger partial charge in [0.15, 0.2) is 0 Å². The van der Waals surface area contributed by atoms with E-state index in [0.717, 1.165) is 25.5 Å². The van der Waals surface area contributed by atoms with Gasteiger partial charge in [-0.3, -0.25) is 4.90 Å². The Hall–Kier alpha value is -1.03. The molecular weight excluding hydrogens is 178 g/mol. The van der Waals surface area contributed by atoms with Crippen LogP contribution in [0.5, 0.6) is 0 Å². The monoisotopic (exact) mass is 195 g/mol. The topological polar surface area (TPSA) is 55.3 Å². The maximum Gasteiger partial charge on any atom is 0.211 e. The molecule has 0 radical (unpaired) electrons. The van der Waals surface area contributed by atoms with Crippen molar-refractivity contribution in [1.29, 1.82) is 0 Å². The molecule has 0 unspecified atom stereocenters. The summed E-state index contributed by atoms with van der Waals surface area (Å²) in [5.74, 6) is 1.15. The Balaban J connectivity index is 1.89. The van der Waals surface area contributed by atoms with E-state index in [1.54, 1.807) is 6.20 Å². The summed E-state index contributed by atoms with van der Waals surface area (Å²) in [6.07, 6.45) is 6.86. The Morgan fingerprint density at radius 3 is 2.57 bits per heavy atom. The first-order valence-corrected chi connectivity index (χ1v) is 5.27. The molecular formula is C10H17N3O. The highest BCUT2D eigenvalue weighted by molar-refractivity contribution is 5.17. The number of nitrogens with two attached hydrogens (primary N) is 1. The van der Waals surface area contributed by atoms with Gasteiger partial charge < -0.3 is 10.2 Å². The molecule has 0 aromatic carbocycles. The van der Waals surface area contributed by atoms with Gasteiger partial charge in [0.05, 0.1) is 12.7 Å². The summed E-state index contributed by atoms with van der Waals surface area (Å²) in [4.78, 5) is 6.49. The maximum absolute atomic E-state index is 5.47. The smallest absolute Gasteiger partial charge is 0.211 e. The van der Waals surface area contributed by atoms with E-state index < -0.39 is 0 Å². The van der Waals surface area contributed by atoms with Crippen molar-refractivity contribution in [3.63, 3.8) is 0 Å². The Morgan fingerprint density at radius 1 is 1.29 bits per heavy atom. The van der Waals surface area contributed by atoms with Crippen LogP contribution in [0.4, 0.5) is 5.88 Å². The summed E-state index contributed by atoms with van der Waals surface area (Å²) in [6, 6.07) is 0. The molecule has 0 atom stereocenters. The zero-order valence-electron chi connectivity index (χ0n) is 8.41. The first kappa shape index (κ1) is 9.52. The Bertz CT molecular complexity index is 277. The van der Waals surface area contributed by atoms with Gasteiger partial charge in [-0.1, -0.05) is 12.8 Å². The van der Waals surface area contributed by atoms with Crippen LogP contribution in [-0.2, 0) is 6.54 Å². The third-order valence-electron chi connectivity index (χ3n) is 2.63. The van der Waals surface area contributed by atoms with Gasteiger partial charge in [0.25, 0.3) is 0 Å². The fraction of sp³-hybridized carbons (Fsp3) is 0.700. The normalized spacial score (nSPS) is 19.4. The average molecular weight is 195 g/mol. The fourth-order valence-corrected chi connectivity index (χ4v) is 1.88.